The summed E-state index contributed by atoms with van der Waals surface area (Å²) in [5, 5.41) is 8.16. The number of nitrogens with two attached hydrogens (primary N) is 1. The van der Waals surface area contributed by atoms with Gasteiger partial charge in [0.1, 0.15) is 5.75 Å². The van der Waals surface area contributed by atoms with Crippen molar-refractivity contribution in [2.45, 2.75) is 82.1 Å². The molecule has 0 spiro atoms. The Morgan fingerprint density at radius 2 is 1.84 bits per heavy atom. The van der Waals surface area contributed by atoms with Crippen molar-refractivity contribution < 1.29 is 17.9 Å². The molecule has 176 valence electrons. The predicted octanol–water partition coefficient (Wildman–Crippen LogP) is 3.68. The molecular weight excluding hydrogens is 414 g/mol. The molecule has 31 heavy (non-hydrogen) atoms. The van der Waals surface area contributed by atoms with Crippen molar-refractivity contribution in [2.24, 2.45) is 5.14 Å². The second kappa shape index (κ2) is 13.0. The fourth-order valence-corrected chi connectivity index (χ4v) is 4.76. The van der Waals surface area contributed by atoms with Gasteiger partial charge >= 0.3 is 0 Å². The molecule has 0 bridgehead atoms. The number of benzene rings is 1. The smallest absolute Gasteiger partial charge is 0.255 e. The maximum Gasteiger partial charge on any atom is 0.255 e. The molecule has 0 unspecified atom stereocenters. The number of hydrogen-bond donors (Lipinski definition) is 2. The van der Waals surface area contributed by atoms with Gasteiger partial charge in [-0.2, -0.15) is 0 Å². The van der Waals surface area contributed by atoms with Crippen molar-refractivity contribution >= 4 is 15.9 Å². The fraction of sp³-hybridized carbons (Fsp3) is 0.696. The molecule has 8 heteroatoms. The van der Waals surface area contributed by atoms with E-state index in [0.717, 1.165) is 25.9 Å². The molecule has 1 aromatic carbocycles. The summed E-state index contributed by atoms with van der Waals surface area (Å²) in [5.41, 5.74) is 0.182. The highest BCUT2D eigenvalue weighted by molar-refractivity contribution is 7.89. The highest BCUT2D eigenvalue weighted by atomic mass is 32.2. The van der Waals surface area contributed by atoms with Gasteiger partial charge in [-0.1, -0.05) is 51.9 Å². The summed E-state index contributed by atoms with van der Waals surface area (Å²) < 4.78 is 28.5. The van der Waals surface area contributed by atoms with E-state index in [1.807, 2.05) is 0 Å². The molecule has 1 aliphatic rings. The number of carbonyl (C=O) groups excluding carboxylic acids is 1. The molecule has 0 aromatic heterocycles. The first-order valence-corrected chi connectivity index (χ1v) is 13.1. The highest BCUT2D eigenvalue weighted by Gasteiger charge is 2.25. The van der Waals surface area contributed by atoms with E-state index in [1.165, 1.54) is 76.7 Å². The molecule has 0 saturated carbocycles. The second-order valence-electron chi connectivity index (χ2n) is 8.42. The minimum atomic E-state index is -3.89. The molecule has 0 aliphatic carbocycles. The number of rotatable bonds is 14. The van der Waals surface area contributed by atoms with Crippen LogP contribution in [0.4, 0.5) is 0 Å². The Hall–Kier alpha value is -1.64. The Kier molecular flexibility index (Phi) is 10.8. The van der Waals surface area contributed by atoms with Gasteiger partial charge in [-0.25, -0.2) is 13.6 Å². The minimum absolute atomic E-state index is 0.101. The van der Waals surface area contributed by atoms with Crippen LogP contribution in [0.25, 0.3) is 0 Å². The average molecular weight is 454 g/mol. The lowest BCUT2D eigenvalue weighted by Crippen LogP contribution is -2.40. The van der Waals surface area contributed by atoms with Crippen LogP contribution < -0.4 is 15.2 Å². The number of ether oxygens (including phenoxy) is 1. The number of hydrogen-bond acceptors (Lipinski definition) is 5. The number of likely N-dealkylation sites (tertiary alicyclic amines) is 1. The second-order valence-corrected chi connectivity index (χ2v) is 9.99. The zero-order valence-electron chi connectivity index (χ0n) is 19.1. The van der Waals surface area contributed by atoms with Crippen molar-refractivity contribution in [3.8, 4) is 5.75 Å². The van der Waals surface area contributed by atoms with Crippen molar-refractivity contribution in [3.63, 3.8) is 0 Å². The molecule has 7 nitrogen and oxygen atoms in total. The van der Waals surface area contributed by atoms with Gasteiger partial charge in [0, 0.05) is 12.6 Å². The van der Waals surface area contributed by atoms with Gasteiger partial charge in [-0.05, 0) is 50.6 Å². The van der Waals surface area contributed by atoms with Crippen LogP contribution in [0.15, 0.2) is 23.1 Å². The zero-order chi connectivity index (χ0) is 22.7. The zero-order valence-corrected chi connectivity index (χ0v) is 19.9. The first-order chi connectivity index (χ1) is 14.9. The molecule has 1 amide bonds. The van der Waals surface area contributed by atoms with Gasteiger partial charge in [-0.15, -0.1) is 0 Å². The summed E-state index contributed by atoms with van der Waals surface area (Å²) >= 11 is 0. The standard InChI is InChI=1S/C23H39N3O4S/c1-3-4-5-6-7-8-9-10-15-26-16-11-12-19(26)18-25-23(27)21-17-20(31(24,28)29)13-14-22(21)30-2/h13-14,17,19H,3-12,15-16,18H2,1-2H3,(H,25,27)(H2,24,28,29)/t19-/m1/s1. The van der Waals surface area contributed by atoms with Crippen LogP contribution in [0, 0.1) is 0 Å². The van der Waals surface area contributed by atoms with Crippen LogP contribution in [0.2, 0.25) is 0 Å². The molecule has 1 heterocycles. The van der Waals surface area contributed by atoms with Crippen LogP contribution in [0.5, 0.6) is 5.75 Å². The number of primary sulfonamides is 1. The molecule has 1 atom stereocenters. The molecule has 1 aromatic rings. The lowest BCUT2D eigenvalue weighted by molar-refractivity contribution is 0.0937. The van der Waals surface area contributed by atoms with Crippen molar-refractivity contribution in [1.29, 1.82) is 0 Å². The summed E-state index contributed by atoms with van der Waals surface area (Å²) in [6.07, 6.45) is 12.6. The van der Waals surface area contributed by atoms with Crippen LogP contribution in [0.3, 0.4) is 0 Å². The molecular formula is C23H39N3O4S. The summed E-state index contributed by atoms with van der Waals surface area (Å²) in [4.78, 5) is 15.1. The number of nitrogens with zero attached hydrogens (tertiary/aromatic N) is 1. The first-order valence-electron chi connectivity index (χ1n) is 11.6. The predicted molar refractivity (Wildman–Crippen MR) is 124 cm³/mol. The lowest BCUT2D eigenvalue weighted by atomic mass is 10.1. The number of amides is 1. The van der Waals surface area contributed by atoms with E-state index in [1.54, 1.807) is 0 Å². The number of carbonyl (C=O) groups is 1. The van der Waals surface area contributed by atoms with Gasteiger partial charge in [-0.3, -0.25) is 9.69 Å². The Morgan fingerprint density at radius 1 is 1.16 bits per heavy atom. The van der Waals surface area contributed by atoms with E-state index in [9.17, 15) is 13.2 Å². The molecule has 1 saturated heterocycles. The van der Waals surface area contributed by atoms with E-state index in [0.29, 0.717) is 18.3 Å². The Balaban J connectivity index is 1.80. The number of unbranched alkanes of at least 4 members (excludes halogenated alkanes) is 7. The Labute approximate surface area is 187 Å². The van der Waals surface area contributed by atoms with Crippen LogP contribution in [0.1, 0.15) is 81.5 Å². The van der Waals surface area contributed by atoms with Gasteiger partial charge in [0.2, 0.25) is 10.0 Å². The normalized spacial score (nSPS) is 17.1. The highest BCUT2D eigenvalue weighted by Crippen LogP contribution is 2.23. The topological polar surface area (TPSA) is 102 Å². The number of nitrogens with one attached hydrogen (secondary N) is 1. The third-order valence-electron chi connectivity index (χ3n) is 6.04. The quantitative estimate of drug-likeness (QED) is 0.419. The third kappa shape index (κ3) is 8.43. The maximum absolute atomic E-state index is 12.7. The van der Waals surface area contributed by atoms with E-state index in [2.05, 4.69) is 17.1 Å². The van der Waals surface area contributed by atoms with Gasteiger partial charge < -0.3 is 10.1 Å². The SMILES string of the molecule is CCCCCCCCCCN1CCC[C@@H]1CNC(=O)c1cc(S(N)(=O)=O)ccc1OC. The molecule has 1 aliphatic heterocycles. The molecule has 0 radical (unpaired) electrons. The summed E-state index contributed by atoms with van der Waals surface area (Å²) in [5.74, 6) is -0.0200. The monoisotopic (exact) mass is 453 g/mol. The summed E-state index contributed by atoms with van der Waals surface area (Å²) in [7, 11) is -2.44. The summed E-state index contributed by atoms with van der Waals surface area (Å²) in [6, 6.07) is 4.39. The Morgan fingerprint density at radius 3 is 2.48 bits per heavy atom. The van der Waals surface area contributed by atoms with E-state index < -0.39 is 10.0 Å². The molecule has 2 rings (SSSR count). The molecule has 1 fully saturated rings. The van der Waals surface area contributed by atoms with Gasteiger partial charge in [0.05, 0.1) is 17.6 Å². The summed E-state index contributed by atoms with van der Waals surface area (Å²) in [6.45, 7) is 4.92. The van der Waals surface area contributed by atoms with Crippen molar-refractivity contribution in [2.75, 3.05) is 26.7 Å². The van der Waals surface area contributed by atoms with Gasteiger partial charge in [0.25, 0.3) is 5.91 Å². The minimum Gasteiger partial charge on any atom is -0.496 e. The largest absolute Gasteiger partial charge is 0.496 e. The van der Waals surface area contributed by atoms with Crippen LogP contribution in [-0.4, -0.2) is 52.0 Å². The Bertz CT molecular complexity index is 798. The van der Waals surface area contributed by atoms with Crippen molar-refractivity contribution in [1.82, 2.24) is 10.2 Å². The van der Waals surface area contributed by atoms with Crippen molar-refractivity contribution in [3.05, 3.63) is 23.8 Å². The fourth-order valence-electron chi connectivity index (χ4n) is 4.22. The van der Waals surface area contributed by atoms with E-state index in [-0.39, 0.29) is 16.4 Å². The third-order valence-corrected chi connectivity index (χ3v) is 6.95. The average Bonchev–Trinajstić information content (AvgIpc) is 3.20. The van der Waals surface area contributed by atoms with Gasteiger partial charge in [0.15, 0.2) is 0 Å². The maximum atomic E-state index is 12.7. The number of methoxy groups -OCH3 is 1. The first kappa shape index (κ1) is 25.6. The van der Waals surface area contributed by atoms with E-state index >= 15 is 0 Å². The molecule has 3 N–H and O–H groups in total. The van der Waals surface area contributed by atoms with Crippen LogP contribution in [-0.2, 0) is 10.0 Å². The lowest BCUT2D eigenvalue weighted by Gasteiger charge is -2.25. The van der Waals surface area contributed by atoms with E-state index in [4.69, 9.17) is 9.88 Å². The van der Waals surface area contributed by atoms with Crippen LogP contribution >= 0.6 is 0 Å². The number of sulfonamides is 1.